The Morgan fingerprint density at radius 1 is 1.06 bits per heavy atom. The highest BCUT2D eigenvalue weighted by atomic mass is 32.2. The van der Waals surface area contributed by atoms with E-state index in [0.29, 0.717) is 26.6 Å². The average molecular weight is 465 g/mol. The van der Waals surface area contributed by atoms with Crippen LogP contribution in [0.25, 0.3) is 0 Å². The van der Waals surface area contributed by atoms with Crippen LogP contribution in [-0.4, -0.2) is 71.8 Å². The maximum Gasteiger partial charge on any atom is 0.421 e. The van der Waals surface area contributed by atoms with Gasteiger partial charge in [-0.3, -0.25) is 4.90 Å². The second-order valence-electron chi connectivity index (χ2n) is 9.63. The standard InChI is InChI=1S/C21H31F3N2O4S/c1-15-13-25(14-20(9-10-20)18(2,3)27)11-12-26(15)31(29,30)17-7-5-16(6-8-17)19(4,28)21(22,23)24/h5-8,15,27-28H,9-14H2,1-4H3. The monoisotopic (exact) mass is 464 g/mol. The lowest BCUT2D eigenvalue weighted by Gasteiger charge is -2.42. The normalized spacial score (nSPS) is 25.3. The van der Waals surface area contributed by atoms with E-state index in [0.717, 1.165) is 37.1 Å². The zero-order valence-electron chi connectivity index (χ0n) is 18.3. The van der Waals surface area contributed by atoms with Crippen LogP contribution < -0.4 is 0 Å². The lowest BCUT2D eigenvalue weighted by Crippen LogP contribution is -2.56. The molecule has 0 aromatic heterocycles. The van der Waals surface area contributed by atoms with Gasteiger partial charge in [-0.2, -0.15) is 17.5 Å². The molecular weight excluding hydrogens is 433 g/mol. The Bertz CT molecular complexity index is 904. The smallest absolute Gasteiger partial charge is 0.390 e. The molecule has 0 amide bonds. The van der Waals surface area contributed by atoms with Gasteiger partial charge in [0.05, 0.1) is 10.5 Å². The Morgan fingerprint density at radius 3 is 2.03 bits per heavy atom. The number of alkyl halides is 3. The van der Waals surface area contributed by atoms with Crippen LogP contribution >= 0.6 is 0 Å². The molecular formula is C21H31F3N2O4S. The molecule has 1 aromatic carbocycles. The minimum atomic E-state index is -4.87. The molecule has 0 radical (unpaired) electrons. The number of piperazine rings is 1. The predicted octanol–water partition coefficient (Wildman–Crippen LogP) is 2.70. The first-order valence-electron chi connectivity index (χ1n) is 10.4. The summed E-state index contributed by atoms with van der Waals surface area (Å²) in [5.74, 6) is 0. The molecule has 0 spiro atoms. The number of aliphatic hydroxyl groups is 2. The third-order valence-corrected chi connectivity index (χ3v) is 8.93. The van der Waals surface area contributed by atoms with Gasteiger partial charge in [0.1, 0.15) is 0 Å². The van der Waals surface area contributed by atoms with Crippen molar-refractivity contribution in [3.63, 3.8) is 0 Å². The van der Waals surface area contributed by atoms with Crippen LogP contribution in [0.3, 0.4) is 0 Å². The zero-order valence-corrected chi connectivity index (χ0v) is 19.1. The first-order valence-corrected chi connectivity index (χ1v) is 11.8. The van der Waals surface area contributed by atoms with E-state index < -0.39 is 33.0 Å². The van der Waals surface area contributed by atoms with E-state index in [2.05, 4.69) is 4.90 Å². The summed E-state index contributed by atoms with van der Waals surface area (Å²) in [6, 6.07) is 3.90. The van der Waals surface area contributed by atoms with Gasteiger partial charge in [-0.25, -0.2) is 8.42 Å². The summed E-state index contributed by atoms with van der Waals surface area (Å²) in [6.07, 6.45) is -2.99. The molecule has 10 heteroatoms. The van der Waals surface area contributed by atoms with Gasteiger partial charge in [-0.1, -0.05) is 12.1 Å². The summed E-state index contributed by atoms with van der Waals surface area (Å²) in [4.78, 5) is 2.07. The molecule has 2 aliphatic rings. The molecule has 2 atom stereocenters. The lowest BCUT2D eigenvalue weighted by atomic mass is 9.87. The van der Waals surface area contributed by atoms with E-state index in [1.807, 2.05) is 13.8 Å². The van der Waals surface area contributed by atoms with Gasteiger partial charge >= 0.3 is 6.18 Å². The average Bonchev–Trinajstić information content (AvgIpc) is 3.41. The number of sulfonamides is 1. The van der Waals surface area contributed by atoms with Gasteiger partial charge in [-0.15, -0.1) is 0 Å². The van der Waals surface area contributed by atoms with Crippen LogP contribution in [0.5, 0.6) is 0 Å². The van der Waals surface area contributed by atoms with Gasteiger partial charge in [-0.05, 0) is 58.2 Å². The van der Waals surface area contributed by atoms with E-state index >= 15 is 0 Å². The number of nitrogens with zero attached hydrogens (tertiary/aromatic N) is 2. The third-order valence-electron chi connectivity index (χ3n) is 6.90. The quantitative estimate of drug-likeness (QED) is 0.677. The molecule has 2 unspecified atom stereocenters. The fourth-order valence-corrected chi connectivity index (χ4v) is 5.92. The summed E-state index contributed by atoms with van der Waals surface area (Å²) in [6.45, 7) is 8.05. The van der Waals surface area contributed by atoms with Crippen molar-refractivity contribution in [3.05, 3.63) is 29.8 Å². The summed E-state index contributed by atoms with van der Waals surface area (Å²) >= 11 is 0. The minimum Gasteiger partial charge on any atom is -0.390 e. The fourth-order valence-electron chi connectivity index (χ4n) is 4.31. The SMILES string of the molecule is CC1CN(CC2(C(C)(C)O)CC2)CCN1S(=O)(=O)c1ccc(C(C)(O)C(F)(F)F)cc1. The largest absolute Gasteiger partial charge is 0.421 e. The van der Waals surface area contributed by atoms with Crippen molar-refractivity contribution in [2.45, 2.75) is 68.9 Å². The number of hydrogen-bond donors (Lipinski definition) is 2. The molecule has 31 heavy (non-hydrogen) atoms. The summed E-state index contributed by atoms with van der Waals surface area (Å²) in [5, 5.41) is 20.2. The van der Waals surface area contributed by atoms with Gasteiger partial charge in [0.2, 0.25) is 10.0 Å². The number of hydrogen-bond acceptors (Lipinski definition) is 5. The molecule has 3 rings (SSSR count). The predicted molar refractivity (Wildman–Crippen MR) is 110 cm³/mol. The van der Waals surface area contributed by atoms with Crippen molar-refractivity contribution in [1.29, 1.82) is 0 Å². The van der Waals surface area contributed by atoms with Crippen molar-refractivity contribution < 1.29 is 31.8 Å². The first-order chi connectivity index (χ1) is 14.0. The van der Waals surface area contributed by atoms with Gasteiger partial charge in [0.25, 0.3) is 0 Å². The fraction of sp³-hybridized carbons (Fsp3) is 0.714. The zero-order chi connectivity index (χ0) is 23.5. The minimum absolute atomic E-state index is 0.107. The van der Waals surface area contributed by atoms with Crippen LogP contribution in [0.1, 0.15) is 46.1 Å². The topological polar surface area (TPSA) is 81.1 Å². The second kappa shape index (κ2) is 7.69. The van der Waals surface area contributed by atoms with Crippen LogP contribution in [0.2, 0.25) is 0 Å². The Balaban J connectivity index is 1.72. The number of rotatable bonds is 6. The molecule has 1 saturated heterocycles. The Hall–Kier alpha value is -1.20. The number of halogens is 3. The molecule has 1 aromatic rings. The maximum atomic E-state index is 13.1. The van der Waals surface area contributed by atoms with Gasteiger partial charge in [0, 0.05) is 37.6 Å². The maximum absolute atomic E-state index is 13.1. The molecule has 2 fully saturated rings. The van der Waals surface area contributed by atoms with E-state index in [1.165, 1.54) is 4.31 Å². The molecule has 1 aliphatic carbocycles. The highest BCUT2D eigenvalue weighted by Gasteiger charge is 2.55. The van der Waals surface area contributed by atoms with E-state index in [1.54, 1.807) is 6.92 Å². The molecule has 2 N–H and O–H groups in total. The van der Waals surface area contributed by atoms with E-state index in [4.69, 9.17) is 0 Å². The summed E-state index contributed by atoms with van der Waals surface area (Å²) < 4.78 is 66.7. The van der Waals surface area contributed by atoms with Gasteiger partial charge < -0.3 is 10.2 Å². The second-order valence-corrected chi connectivity index (χ2v) is 11.5. The Morgan fingerprint density at radius 2 is 1.61 bits per heavy atom. The molecule has 1 heterocycles. The Kier molecular flexibility index (Phi) is 6.06. The molecule has 6 nitrogen and oxygen atoms in total. The van der Waals surface area contributed by atoms with Gasteiger partial charge in [0.15, 0.2) is 5.60 Å². The highest BCUT2D eigenvalue weighted by molar-refractivity contribution is 7.89. The number of benzene rings is 1. The molecule has 1 aliphatic heterocycles. The van der Waals surface area contributed by atoms with Crippen LogP contribution in [0.4, 0.5) is 13.2 Å². The van der Waals surface area contributed by atoms with Crippen molar-refractivity contribution in [2.75, 3.05) is 26.2 Å². The van der Waals surface area contributed by atoms with Crippen LogP contribution in [-0.2, 0) is 15.6 Å². The van der Waals surface area contributed by atoms with Crippen LogP contribution in [0.15, 0.2) is 29.2 Å². The summed E-state index contributed by atoms with van der Waals surface area (Å²) in [7, 11) is -3.89. The highest BCUT2D eigenvalue weighted by Crippen LogP contribution is 2.54. The van der Waals surface area contributed by atoms with Crippen molar-refractivity contribution in [3.8, 4) is 0 Å². The Labute approximate surface area is 181 Å². The summed E-state index contributed by atoms with van der Waals surface area (Å²) in [5.41, 5.74) is -4.43. The van der Waals surface area contributed by atoms with Crippen molar-refractivity contribution >= 4 is 10.0 Å². The lowest BCUT2D eigenvalue weighted by molar-refractivity contribution is -0.258. The third kappa shape index (κ3) is 4.50. The first kappa shape index (κ1) is 24.4. The van der Waals surface area contributed by atoms with Crippen molar-refractivity contribution in [1.82, 2.24) is 9.21 Å². The van der Waals surface area contributed by atoms with Crippen LogP contribution in [0, 0.1) is 5.41 Å². The van der Waals surface area contributed by atoms with E-state index in [-0.39, 0.29) is 22.9 Å². The molecule has 0 bridgehead atoms. The molecule has 176 valence electrons. The van der Waals surface area contributed by atoms with Crippen molar-refractivity contribution in [2.24, 2.45) is 5.41 Å². The molecule has 1 saturated carbocycles. The van der Waals surface area contributed by atoms with E-state index in [9.17, 15) is 31.8 Å².